The topological polar surface area (TPSA) is 113 Å². The van der Waals surface area contributed by atoms with Crippen LogP contribution in [0.3, 0.4) is 0 Å². The van der Waals surface area contributed by atoms with Gasteiger partial charge < -0.3 is 24.9 Å². The Labute approximate surface area is 176 Å². The van der Waals surface area contributed by atoms with E-state index in [0.29, 0.717) is 19.4 Å². The lowest BCUT2D eigenvalue weighted by molar-refractivity contribution is -0.141. The van der Waals surface area contributed by atoms with Crippen molar-refractivity contribution in [1.82, 2.24) is 10.2 Å². The zero-order chi connectivity index (χ0) is 22.1. The van der Waals surface area contributed by atoms with Crippen molar-refractivity contribution in [3.05, 3.63) is 30.3 Å². The largest absolute Gasteiger partial charge is 0.489 e. The predicted molar refractivity (Wildman–Crippen MR) is 110 cm³/mol. The van der Waals surface area contributed by atoms with E-state index in [1.165, 1.54) is 0 Å². The highest BCUT2D eigenvalue weighted by Gasteiger charge is 2.31. The number of hydrogen-bond acceptors (Lipinski definition) is 5. The predicted octanol–water partition coefficient (Wildman–Crippen LogP) is 1.88. The normalized spacial score (nSPS) is 18.4. The SMILES string of the molecule is CC(C)[C@H](CC(=O)N1CCCC(Oc2ccccc2)C1)C(=O)N[C@H](C=O)CC(=O)O. The van der Waals surface area contributed by atoms with Gasteiger partial charge in [-0.05, 0) is 30.9 Å². The summed E-state index contributed by atoms with van der Waals surface area (Å²) in [4.78, 5) is 49.1. The molecular formula is C22H30N2O6. The van der Waals surface area contributed by atoms with E-state index in [-0.39, 0.29) is 24.3 Å². The Hall–Kier alpha value is -2.90. The summed E-state index contributed by atoms with van der Waals surface area (Å²) in [6.45, 7) is 4.70. The van der Waals surface area contributed by atoms with E-state index in [4.69, 9.17) is 9.84 Å². The van der Waals surface area contributed by atoms with Gasteiger partial charge in [0.05, 0.1) is 19.0 Å². The van der Waals surface area contributed by atoms with Gasteiger partial charge in [0, 0.05) is 18.9 Å². The summed E-state index contributed by atoms with van der Waals surface area (Å²) in [7, 11) is 0. The zero-order valence-electron chi connectivity index (χ0n) is 17.5. The number of piperidine rings is 1. The van der Waals surface area contributed by atoms with Crippen LogP contribution in [-0.2, 0) is 19.2 Å². The molecule has 0 radical (unpaired) electrons. The molecule has 0 saturated carbocycles. The van der Waals surface area contributed by atoms with Crippen LogP contribution in [0.15, 0.2) is 30.3 Å². The average molecular weight is 418 g/mol. The molecule has 164 valence electrons. The molecule has 8 heteroatoms. The second kappa shape index (κ2) is 11.3. The third-order valence-electron chi connectivity index (χ3n) is 5.20. The lowest BCUT2D eigenvalue weighted by Crippen LogP contribution is -2.47. The van der Waals surface area contributed by atoms with E-state index >= 15 is 0 Å². The first-order valence-corrected chi connectivity index (χ1v) is 10.3. The van der Waals surface area contributed by atoms with Gasteiger partial charge in [-0.25, -0.2) is 0 Å². The van der Waals surface area contributed by atoms with Crippen LogP contribution < -0.4 is 10.1 Å². The van der Waals surface area contributed by atoms with E-state index < -0.39 is 30.3 Å². The van der Waals surface area contributed by atoms with E-state index in [1.807, 2.05) is 44.2 Å². The van der Waals surface area contributed by atoms with Gasteiger partial charge in [-0.3, -0.25) is 14.4 Å². The third-order valence-corrected chi connectivity index (χ3v) is 5.20. The summed E-state index contributed by atoms with van der Waals surface area (Å²) >= 11 is 0. The number of carboxylic acids is 1. The minimum atomic E-state index is -1.18. The summed E-state index contributed by atoms with van der Waals surface area (Å²) < 4.78 is 5.97. The molecule has 3 atom stereocenters. The van der Waals surface area contributed by atoms with Crippen LogP contribution in [0.5, 0.6) is 5.75 Å². The summed E-state index contributed by atoms with van der Waals surface area (Å²) in [6, 6.07) is 8.34. The van der Waals surface area contributed by atoms with Crippen molar-refractivity contribution >= 4 is 24.1 Å². The lowest BCUT2D eigenvalue weighted by atomic mass is 9.90. The number of carbonyl (C=O) groups is 4. The Morgan fingerprint density at radius 2 is 1.93 bits per heavy atom. The summed E-state index contributed by atoms with van der Waals surface area (Å²) in [6.07, 6.45) is 1.48. The van der Waals surface area contributed by atoms with E-state index in [1.54, 1.807) is 4.90 Å². The Bertz CT molecular complexity index is 736. The maximum atomic E-state index is 12.9. The van der Waals surface area contributed by atoms with E-state index in [2.05, 4.69) is 5.32 Å². The summed E-state index contributed by atoms with van der Waals surface area (Å²) in [5.41, 5.74) is 0. The number of nitrogens with one attached hydrogen (secondary N) is 1. The standard InChI is InChI=1S/C22H30N2O6/c1-15(2)19(22(29)23-16(14-25)11-21(27)28)12-20(26)24-10-6-9-18(13-24)30-17-7-4-3-5-8-17/h3-5,7-8,14-16,18-19H,6,9-13H2,1-2H3,(H,23,29)(H,27,28)/t16-,18?,19-/m0/s1. The molecule has 1 heterocycles. The molecule has 1 fully saturated rings. The van der Waals surface area contributed by atoms with Gasteiger partial charge in [0.15, 0.2) is 0 Å². The molecule has 1 unspecified atom stereocenters. The number of hydrogen-bond donors (Lipinski definition) is 2. The fourth-order valence-electron chi connectivity index (χ4n) is 3.51. The molecule has 1 aliphatic rings. The van der Waals surface area contributed by atoms with Gasteiger partial charge in [-0.1, -0.05) is 32.0 Å². The van der Waals surface area contributed by atoms with Gasteiger partial charge in [0.2, 0.25) is 11.8 Å². The van der Waals surface area contributed by atoms with Crippen LogP contribution in [0.25, 0.3) is 0 Å². The molecule has 1 saturated heterocycles. The molecule has 1 aromatic rings. The molecule has 0 spiro atoms. The molecule has 2 amide bonds. The molecule has 0 bridgehead atoms. The molecule has 0 aliphatic carbocycles. The maximum absolute atomic E-state index is 12.9. The number of benzene rings is 1. The molecular weight excluding hydrogens is 388 g/mol. The summed E-state index contributed by atoms with van der Waals surface area (Å²) in [5, 5.41) is 11.3. The number of ether oxygens (including phenoxy) is 1. The van der Waals surface area contributed by atoms with Crippen molar-refractivity contribution < 1.29 is 29.0 Å². The third kappa shape index (κ3) is 7.17. The first kappa shape index (κ1) is 23.4. The number of rotatable bonds is 10. The lowest BCUT2D eigenvalue weighted by Gasteiger charge is -2.34. The van der Waals surface area contributed by atoms with Crippen LogP contribution in [0.1, 0.15) is 39.5 Å². The molecule has 30 heavy (non-hydrogen) atoms. The molecule has 0 aromatic heterocycles. The van der Waals surface area contributed by atoms with Crippen molar-refractivity contribution in [2.45, 2.75) is 51.7 Å². The van der Waals surface area contributed by atoms with Crippen LogP contribution in [0.4, 0.5) is 0 Å². The molecule has 8 nitrogen and oxygen atoms in total. The van der Waals surface area contributed by atoms with Gasteiger partial charge in [0.1, 0.15) is 18.1 Å². The number of carbonyl (C=O) groups excluding carboxylic acids is 3. The van der Waals surface area contributed by atoms with Crippen molar-refractivity contribution in [2.24, 2.45) is 11.8 Å². The highest BCUT2D eigenvalue weighted by atomic mass is 16.5. The fourth-order valence-corrected chi connectivity index (χ4v) is 3.51. The van der Waals surface area contributed by atoms with Crippen LogP contribution in [0, 0.1) is 11.8 Å². The van der Waals surface area contributed by atoms with Crippen LogP contribution >= 0.6 is 0 Å². The minimum absolute atomic E-state index is 0.000204. The first-order chi connectivity index (χ1) is 14.3. The number of aliphatic carboxylic acids is 1. The van der Waals surface area contributed by atoms with E-state index in [0.717, 1.165) is 18.6 Å². The van der Waals surface area contributed by atoms with Gasteiger partial charge in [-0.15, -0.1) is 0 Å². The molecule has 1 aliphatic heterocycles. The van der Waals surface area contributed by atoms with Gasteiger partial charge in [-0.2, -0.15) is 0 Å². The molecule has 2 rings (SSSR count). The van der Waals surface area contributed by atoms with E-state index in [9.17, 15) is 19.2 Å². The Kier molecular flexibility index (Phi) is 8.83. The summed E-state index contributed by atoms with van der Waals surface area (Å²) in [5.74, 6) is -1.84. The zero-order valence-corrected chi connectivity index (χ0v) is 17.5. The number of aldehydes is 1. The average Bonchev–Trinajstić information content (AvgIpc) is 2.71. The number of amides is 2. The number of likely N-dealkylation sites (tertiary alicyclic amines) is 1. The Balaban J connectivity index is 1.95. The number of para-hydroxylation sites is 1. The van der Waals surface area contributed by atoms with Gasteiger partial charge >= 0.3 is 5.97 Å². The Morgan fingerprint density at radius 1 is 1.23 bits per heavy atom. The Morgan fingerprint density at radius 3 is 2.53 bits per heavy atom. The monoisotopic (exact) mass is 418 g/mol. The van der Waals surface area contributed by atoms with Gasteiger partial charge in [0.25, 0.3) is 0 Å². The highest BCUT2D eigenvalue weighted by Crippen LogP contribution is 2.22. The van der Waals surface area contributed by atoms with Crippen molar-refractivity contribution in [3.8, 4) is 5.75 Å². The second-order valence-corrected chi connectivity index (χ2v) is 7.94. The minimum Gasteiger partial charge on any atom is -0.489 e. The van der Waals surface area contributed by atoms with Crippen molar-refractivity contribution in [1.29, 1.82) is 0 Å². The first-order valence-electron chi connectivity index (χ1n) is 10.3. The quantitative estimate of drug-likeness (QED) is 0.561. The molecule has 1 aromatic carbocycles. The van der Waals surface area contributed by atoms with Crippen molar-refractivity contribution in [2.75, 3.05) is 13.1 Å². The van der Waals surface area contributed by atoms with Crippen LogP contribution in [0.2, 0.25) is 0 Å². The fraction of sp³-hybridized carbons (Fsp3) is 0.545. The molecule has 2 N–H and O–H groups in total. The highest BCUT2D eigenvalue weighted by molar-refractivity contribution is 5.88. The van der Waals surface area contributed by atoms with Crippen LogP contribution in [-0.4, -0.2) is 59.3 Å². The number of carboxylic acid groups (broad SMARTS) is 1. The van der Waals surface area contributed by atoms with Crippen molar-refractivity contribution in [3.63, 3.8) is 0 Å². The smallest absolute Gasteiger partial charge is 0.305 e. The number of nitrogens with zero attached hydrogens (tertiary/aromatic N) is 1. The maximum Gasteiger partial charge on any atom is 0.305 e. The second-order valence-electron chi connectivity index (χ2n) is 7.94.